The fraction of sp³-hybridized carbons (Fsp3) is 0.350. The number of methoxy groups -OCH3 is 1. The predicted octanol–water partition coefficient (Wildman–Crippen LogP) is 4.07. The van der Waals surface area contributed by atoms with Crippen molar-refractivity contribution in [3.8, 4) is 0 Å². The summed E-state index contributed by atoms with van der Waals surface area (Å²) in [5.41, 5.74) is 3.88. The van der Waals surface area contributed by atoms with Crippen LogP contribution in [-0.2, 0) is 21.0 Å². The van der Waals surface area contributed by atoms with Gasteiger partial charge in [-0.3, -0.25) is 4.79 Å². The number of carbonyl (C=O) groups is 1. The van der Waals surface area contributed by atoms with Crippen LogP contribution in [0, 0.1) is 0 Å². The molecule has 2 aliphatic rings. The summed E-state index contributed by atoms with van der Waals surface area (Å²) < 4.78 is 5.32. The van der Waals surface area contributed by atoms with Crippen molar-refractivity contribution >= 4 is 14.0 Å². The van der Waals surface area contributed by atoms with Gasteiger partial charge in [-0.05, 0) is 28.3 Å². The summed E-state index contributed by atoms with van der Waals surface area (Å²) >= 11 is 0. The monoisotopic (exact) mass is 322 g/mol. The zero-order chi connectivity index (χ0) is 16.2. The van der Waals surface area contributed by atoms with Crippen LogP contribution in [0.15, 0.2) is 54.6 Å². The maximum Gasteiger partial charge on any atom is 0.316 e. The zero-order valence-electron chi connectivity index (χ0n) is 13.9. The van der Waals surface area contributed by atoms with E-state index in [1.807, 2.05) is 18.2 Å². The van der Waals surface area contributed by atoms with Crippen LogP contribution < -0.4 is 0 Å². The van der Waals surface area contributed by atoms with Gasteiger partial charge in [0.05, 0.1) is 15.2 Å². The summed E-state index contributed by atoms with van der Waals surface area (Å²) in [5, 5.41) is 0. The lowest BCUT2D eigenvalue weighted by Gasteiger charge is -2.29. The van der Waals surface area contributed by atoms with Crippen LogP contribution in [0.5, 0.6) is 0 Å². The second-order valence-electron chi connectivity index (χ2n) is 7.55. The smallest absolute Gasteiger partial charge is 0.316 e. The Morgan fingerprint density at radius 2 is 1.74 bits per heavy atom. The van der Waals surface area contributed by atoms with Crippen molar-refractivity contribution in [3.63, 3.8) is 0 Å². The Labute approximate surface area is 138 Å². The first-order valence-electron chi connectivity index (χ1n) is 8.25. The molecule has 0 amide bonds. The number of ether oxygens (including phenoxy) is 1. The maximum absolute atomic E-state index is 13.0. The maximum atomic E-state index is 13.0. The average molecular weight is 322 g/mol. The van der Waals surface area contributed by atoms with Crippen molar-refractivity contribution in [2.45, 2.75) is 36.0 Å². The van der Waals surface area contributed by atoms with Crippen LogP contribution in [0.1, 0.15) is 22.6 Å². The van der Waals surface area contributed by atoms with E-state index in [-0.39, 0.29) is 11.9 Å². The fourth-order valence-electron chi connectivity index (χ4n) is 5.09. The van der Waals surface area contributed by atoms with E-state index in [0.717, 1.165) is 11.6 Å². The van der Waals surface area contributed by atoms with Crippen molar-refractivity contribution in [2.75, 3.05) is 7.11 Å². The largest absolute Gasteiger partial charge is 0.468 e. The standard InChI is InChI=1S/C20H22O2Si/c1-22-19(21)20(15-10-5-4-6-11-15)17-16-12-8-7-9-14(16)13-23(2,3)18(17)20/h4-12,17-18H,13H2,1-3H3/t17-,18+,20-/m1/s1. The Hall–Kier alpha value is -1.87. The molecule has 1 aliphatic heterocycles. The Morgan fingerprint density at radius 1 is 1.09 bits per heavy atom. The van der Waals surface area contributed by atoms with Gasteiger partial charge in [0.25, 0.3) is 0 Å². The number of esters is 1. The number of hydrogen-bond acceptors (Lipinski definition) is 2. The quantitative estimate of drug-likeness (QED) is 0.615. The molecule has 2 aromatic rings. The molecule has 0 spiro atoms. The molecule has 0 saturated heterocycles. The summed E-state index contributed by atoms with van der Waals surface area (Å²) in [5.74, 6) is 0.222. The third kappa shape index (κ3) is 1.83. The molecule has 0 N–H and O–H groups in total. The Morgan fingerprint density at radius 3 is 2.43 bits per heavy atom. The highest BCUT2D eigenvalue weighted by Gasteiger charge is 2.77. The molecule has 1 saturated carbocycles. The minimum Gasteiger partial charge on any atom is -0.468 e. The second-order valence-corrected chi connectivity index (χ2v) is 12.5. The minimum atomic E-state index is -1.57. The highest BCUT2D eigenvalue weighted by atomic mass is 28.3. The van der Waals surface area contributed by atoms with Crippen LogP contribution in [0.25, 0.3) is 0 Å². The fourth-order valence-corrected chi connectivity index (χ4v) is 9.56. The van der Waals surface area contributed by atoms with E-state index >= 15 is 0 Å². The van der Waals surface area contributed by atoms with Crippen molar-refractivity contribution in [2.24, 2.45) is 0 Å². The van der Waals surface area contributed by atoms with Gasteiger partial charge in [-0.15, -0.1) is 0 Å². The Balaban J connectivity index is 1.95. The van der Waals surface area contributed by atoms with Crippen molar-refractivity contribution in [1.29, 1.82) is 0 Å². The van der Waals surface area contributed by atoms with Crippen LogP contribution >= 0.6 is 0 Å². The molecule has 23 heavy (non-hydrogen) atoms. The topological polar surface area (TPSA) is 26.3 Å². The molecule has 0 aromatic heterocycles. The summed E-state index contributed by atoms with van der Waals surface area (Å²) in [7, 11) is -0.0435. The molecular formula is C20H22O2Si. The van der Waals surface area contributed by atoms with E-state index in [1.54, 1.807) is 0 Å². The van der Waals surface area contributed by atoms with E-state index in [4.69, 9.17) is 4.74 Å². The molecule has 0 radical (unpaired) electrons. The first-order valence-corrected chi connectivity index (χ1v) is 11.5. The van der Waals surface area contributed by atoms with E-state index in [0.29, 0.717) is 5.54 Å². The van der Waals surface area contributed by atoms with Crippen molar-refractivity contribution in [1.82, 2.24) is 0 Å². The van der Waals surface area contributed by atoms with Crippen LogP contribution in [0.3, 0.4) is 0 Å². The molecule has 1 heterocycles. The van der Waals surface area contributed by atoms with E-state index < -0.39 is 13.5 Å². The van der Waals surface area contributed by atoms with Crippen molar-refractivity contribution in [3.05, 3.63) is 71.3 Å². The summed E-state index contributed by atoms with van der Waals surface area (Å²) in [4.78, 5) is 13.0. The van der Waals surface area contributed by atoms with Crippen LogP contribution in [0.2, 0.25) is 18.6 Å². The van der Waals surface area contributed by atoms with Gasteiger partial charge in [0.2, 0.25) is 0 Å². The molecule has 2 aromatic carbocycles. The highest BCUT2D eigenvalue weighted by molar-refractivity contribution is 6.80. The van der Waals surface area contributed by atoms with Crippen LogP contribution in [0.4, 0.5) is 0 Å². The van der Waals surface area contributed by atoms with Gasteiger partial charge in [0, 0.05) is 5.92 Å². The molecular weight excluding hydrogens is 300 g/mol. The number of rotatable bonds is 2. The average Bonchev–Trinajstić information content (AvgIpc) is 3.28. The molecule has 4 rings (SSSR count). The molecule has 1 fully saturated rings. The third-order valence-electron chi connectivity index (χ3n) is 5.86. The summed E-state index contributed by atoms with van der Waals surface area (Å²) in [6, 6.07) is 20.1. The highest BCUT2D eigenvalue weighted by Crippen LogP contribution is 2.76. The zero-order valence-corrected chi connectivity index (χ0v) is 14.9. The third-order valence-corrected chi connectivity index (χ3v) is 9.62. The van der Waals surface area contributed by atoms with E-state index in [2.05, 4.69) is 49.5 Å². The number of hydrogen-bond donors (Lipinski definition) is 0. The summed E-state index contributed by atoms with van der Waals surface area (Å²) in [6.45, 7) is 4.85. The van der Waals surface area contributed by atoms with Crippen LogP contribution in [-0.4, -0.2) is 21.2 Å². The molecule has 118 valence electrons. The minimum absolute atomic E-state index is 0.0593. The van der Waals surface area contributed by atoms with Gasteiger partial charge in [-0.1, -0.05) is 67.7 Å². The lowest BCUT2D eigenvalue weighted by Crippen LogP contribution is -2.36. The SMILES string of the molecule is COC(=O)[C@]1(c2ccccc2)[C@@H]2c3ccccc3C[Si](C)(C)[C@@H]21. The number of fused-ring (bicyclic) bond motifs is 3. The van der Waals surface area contributed by atoms with Gasteiger partial charge < -0.3 is 4.74 Å². The second kappa shape index (κ2) is 4.81. The van der Waals surface area contributed by atoms with Gasteiger partial charge in [0.15, 0.2) is 0 Å². The first-order chi connectivity index (χ1) is 11.0. The predicted molar refractivity (Wildman–Crippen MR) is 94.3 cm³/mol. The van der Waals surface area contributed by atoms with Gasteiger partial charge >= 0.3 is 5.97 Å². The molecule has 2 nitrogen and oxygen atoms in total. The number of carbonyl (C=O) groups excluding carboxylic acids is 1. The van der Waals surface area contributed by atoms with Gasteiger partial charge in [-0.2, -0.15) is 0 Å². The van der Waals surface area contributed by atoms with E-state index in [1.165, 1.54) is 18.2 Å². The Kier molecular flexibility index (Phi) is 3.07. The van der Waals surface area contributed by atoms with Gasteiger partial charge in [0.1, 0.15) is 5.41 Å². The van der Waals surface area contributed by atoms with Gasteiger partial charge in [-0.25, -0.2) is 0 Å². The molecule has 0 unspecified atom stereocenters. The summed E-state index contributed by atoms with van der Waals surface area (Å²) in [6.07, 6.45) is 0. The molecule has 3 heteroatoms. The Bertz CT molecular complexity index is 768. The van der Waals surface area contributed by atoms with Crippen molar-refractivity contribution < 1.29 is 9.53 Å². The molecule has 0 bridgehead atoms. The molecule has 1 aliphatic carbocycles. The molecule has 3 atom stereocenters. The lowest BCUT2D eigenvalue weighted by molar-refractivity contribution is -0.143. The van der Waals surface area contributed by atoms with E-state index in [9.17, 15) is 4.79 Å². The lowest BCUT2D eigenvalue weighted by atomic mass is 9.89. The normalized spacial score (nSPS) is 30.0. The first kappa shape index (κ1) is 14.7. The number of benzene rings is 2.